The van der Waals surface area contributed by atoms with Crippen molar-refractivity contribution >= 4 is 42.9 Å². The largest absolute Gasteiger partial charge is 0.506 e. The summed E-state index contributed by atoms with van der Waals surface area (Å²) in [4.78, 5) is 9.69. The zero-order chi connectivity index (χ0) is 21.3. The fourth-order valence-electron chi connectivity index (χ4n) is 3.21. The third kappa shape index (κ3) is 3.76. The second-order valence-electron chi connectivity index (χ2n) is 6.81. The van der Waals surface area contributed by atoms with Crippen LogP contribution in [0.25, 0.3) is 21.3 Å². The van der Waals surface area contributed by atoms with Gasteiger partial charge in [0, 0.05) is 10.9 Å². The van der Waals surface area contributed by atoms with E-state index < -0.39 is 9.84 Å². The van der Waals surface area contributed by atoms with Gasteiger partial charge in [0.15, 0.2) is 9.84 Å². The fraction of sp³-hybridized carbons (Fsp3) is 0.182. The molecule has 2 N–H and O–H groups in total. The Morgan fingerprint density at radius 3 is 2.53 bits per heavy atom. The first kappa shape index (κ1) is 20.3. The Hall–Kier alpha value is -2.97. The van der Waals surface area contributed by atoms with E-state index in [2.05, 4.69) is 46.5 Å². The van der Waals surface area contributed by atoms with Crippen molar-refractivity contribution in [3.63, 3.8) is 0 Å². The van der Waals surface area contributed by atoms with Gasteiger partial charge in [0.2, 0.25) is 0 Å². The van der Waals surface area contributed by atoms with E-state index in [1.807, 2.05) is 5.38 Å². The number of aromatic hydroxyl groups is 1. The van der Waals surface area contributed by atoms with Gasteiger partial charge >= 0.3 is 0 Å². The molecule has 0 aliphatic heterocycles. The molecule has 0 bridgehead atoms. The van der Waals surface area contributed by atoms with Crippen molar-refractivity contribution in [1.82, 2.24) is 9.97 Å². The van der Waals surface area contributed by atoms with Gasteiger partial charge in [-0.3, -0.25) is 0 Å². The van der Waals surface area contributed by atoms with E-state index in [0.717, 1.165) is 27.8 Å². The molecule has 8 heteroatoms. The molecule has 154 valence electrons. The van der Waals surface area contributed by atoms with Crippen molar-refractivity contribution in [1.29, 1.82) is 0 Å². The Bertz CT molecular complexity index is 1310. The molecule has 2 aromatic carbocycles. The van der Waals surface area contributed by atoms with E-state index in [4.69, 9.17) is 0 Å². The molecule has 2 aromatic heterocycles. The number of aromatic nitrogens is 2. The lowest BCUT2D eigenvalue weighted by molar-refractivity contribution is 0.477. The number of hydrogen-bond acceptors (Lipinski definition) is 7. The first-order chi connectivity index (χ1) is 14.4. The number of nitrogens with one attached hydrogen (secondary N) is 1. The minimum atomic E-state index is -3.40. The number of benzene rings is 2. The van der Waals surface area contributed by atoms with Crippen molar-refractivity contribution < 1.29 is 13.5 Å². The summed E-state index contributed by atoms with van der Waals surface area (Å²) in [7, 11) is -3.40. The summed E-state index contributed by atoms with van der Waals surface area (Å²) in [5.74, 6) is 0.440. The third-order valence-corrected chi connectivity index (χ3v) is 7.62. The minimum Gasteiger partial charge on any atom is -0.506 e. The van der Waals surface area contributed by atoms with Crippen molar-refractivity contribution in [2.75, 3.05) is 11.1 Å². The molecule has 4 aromatic rings. The van der Waals surface area contributed by atoms with Crippen LogP contribution < -0.4 is 5.32 Å². The van der Waals surface area contributed by atoms with Crippen LogP contribution in [-0.2, 0) is 16.3 Å². The third-order valence-electron chi connectivity index (χ3n) is 5.00. The van der Waals surface area contributed by atoms with Crippen LogP contribution in [0, 0.1) is 0 Å². The van der Waals surface area contributed by atoms with Crippen LogP contribution in [0.15, 0.2) is 59.1 Å². The van der Waals surface area contributed by atoms with E-state index in [-0.39, 0.29) is 22.1 Å². The number of anilines is 2. The van der Waals surface area contributed by atoms with E-state index in [0.29, 0.717) is 5.82 Å². The predicted octanol–water partition coefficient (Wildman–Crippen LogP) is 5.16. The normalized spacial score (nSPS) is 11.7. The Kier molecular flexibility index (Phi) is 5.44. The maximum absolute atomic E-state index is 12.2. The van der Waals surface area contributed by atoms with Crippen molar-refractivity contribution in [2.45, 2.75) is 25.2 Å². The highest BCUT2D eigenvalue weighted by molar-refractivity contribution is 7.91. The van der Waals surface area contributed by atoms with Crippen LogP contribution in [0.3, 0.4) is 0 Å². The van der Waals surface area contributed by atoms with Gasteiger partial charge < -0.3 is 10.4 Å². The standard InChI is InChI=1S/C22H21N3O3S2/c1-3-14-5-7-15(8-6-14)17-12-29-22-20(17)21(23-13-24-22)25-18-11-16(9-10-19(18)26)30(27,28)4-2/h5-13,26H,3-4H2,1-2H3,(H,23,24,25). The zero-order valence-corrected chi connectivity index (χ0v) is 18.2. The van der Waals surface area contributed by atoms with Crippen molar-refractivity contribution in [3.05, 3.63) is 59.7 Å². The van der Waals surface area contributed by atoms with Crippen LogP contribution in [0.4, 0.5) is 11.5 Å². The van der Waals surface area contributed by atoms with Crippen LogP contribution >= 0.6 is 11.3 Å². The number of phenols is 1. The summed E-state index contributed by atoms with van der Waals surface area (Å²) in [6.45, 7) is 3.70. The molecule has 2 heterocycles. The first-order valence-electron chi connectivity index (χ1n) is 9.57. The summed E-state index contributed by atoms with van der Waals surface area (Å²) < 4.78 is 24.5. The smallest absolute Gasteiger partial charge is 0.178 e. The second-order valence-corrected chi connectivity index (χ2v) is 9.95. The Morgan fingerprint density at radius 1 is 1.07 bits per heavy atom. The van der Waals surface area contributed by atoms with Gasteiger partial charge in [-0.15, -0.1) is 11.3 Å². The number of rotatable bonds is 6. The highest BCUT2D eigenvalue weighted by Gasteiger charge is 2.17. The fourth-order valence-corrected chi connectivity index (χ4v) is 5.03. The SMILES string of the molecule is CCc1ccc(-c2csc3ncnc(Nc4cc(S(=O)(=O)CC)ccc4O)c23)cc1. The number of fused-ring (bicyclic) bond motifs is 1. The first-order valence-corrected chi connectivity index (χ1v) is 12.1. The lowest BCUT2D eigenvalue weighted by Gasteiger charge is -2.12. The van der Waals surface area contributed by atoms with Crippen molar-refractivity contribution in [2.24, 2.45) is 0 Å². The van der Waals surface area contributed by atoms with E-state index >= 15 is 0 Å². The average molecular weight is 440 g/mol. The molecule has 0 aliphatic carbocycles. The van der Waals surface area contributed by atoms with Gasteiger partial charge in [0.05, 0.1) is 21.7 Å². The van der Waals surface area contributed by atoms with Gasteiger partial charge in [0.25, 0.3) is 0 Å². The van der Waals surface area contributed by atoms with Gasteiger partial charge in [-0.25, -0.2) is 18.4 Å². The molecule has 0 radical (unpaired) electrons. The molecule has 0 atom stereocenters. The van der Waals surface area contributed by atoms with Gasteiger partial charge in [-0.1, -0.05) is 38.1 Å². The maximum Gasteiger partial charge on any atom is 0.178 e. The van der Waals surface area contributed by atoms with Gasteiger partial charge in [-0.2, -0.15) is 0 Å². The number of thiophene rings is 1. The molecule has 0 saturated carbocycles. The summed E-state index contributed by atoms with van der Waals surface area (Å²) in [5, 5.41) is 16.3. The lowest BCUT2D eigenvalue weighted by Crippen LogP contribution is -2.04. The number of phenolic OH excluding ortho intramolecular Hbond substituents is 1. The highest BCUT2D eigenvalue weighted by Crippen LogP contribution is 2.39. The predicted molar refractivity (Wildman–Crippen MR) is 121 cm³/mol. The van der Waals surface area contributed by atoms with Crippen LogP contribution in [0.5, 0.6) is 5.75 Å². The monoisotopic (exact) mass is 439 g/mol. The summed E-state index contributed by atoms with van der Waals surface area (Å²) in [5.41, 5.74) is 3.56. The number of sulfone groups is 1. The molecular formula is C22H21N3O3S2. The van der Waals surface area contributed by atoms with Crippen LogP contribution in [0.1, 0.15) is 19.4 Å². The molecule has 4 rings (SSSR count). The number of aryl methyl sites for hydroxylation is 1. The lowest BCUT2D eigenvalue weighted by atomic mass is 10.0. The Labute approximate surface area is 179 Å². The molecule has 0 fully saturated rings. The number of hydrogen-bond donors (Lipinski definition) is 2. The quantitative estimate of drug-likeness (QED) is 0.403. The van der Waals surface area contributed by atoms with Crippen molar-refractivity contribution in [3.8, 4) is 16.9 Å². The summed E-state index contributed by atoms with van der Waals surface area (Å²) in [6.07, 6.45) is 2.42. The van der Waals surface area contributed by atoms with Crippen LogP contribution in [-0.4, -0.2) is 29.2 Å². The van der Waals surface area contributed by atoms with Crippen LogP contribution in [0.2, 0.25) is 0 Å². The molecule has 0 saturated heterocycles. The molecule has 6 nitrogen and oxygen atoms in total. The van der Waals surface area contributed by atoms with Gasteiger partial charge in [0.1, 0.15) is 22.7 Å². The van der Waals surface area contributed by atoms with E-state index in [9.17, 15) is 13.5 Å². The zero-order valence-electron chi connectivity index (χ0n) is 16.6. The molecule has 0 aliphatic rings. The number of nitrogens with zero attached hydrogens (tertiary/aromatic N) is 2. The maximum atomic E-state index is 12.2. The van der Waals surface area contributed by atoms with E-state index in [1.54, 1.807) is 6.92 Å². The topological polar surface area (TPSA) is 92.2 Å². The second kappa shape index (κ2) is 8.04. The molecule has 0 amide bonds. The summed E-state index contributed by atoms with van der Waals surface area (Å²) in [6, 6.07) is 12.6. The Morgan fingerprint density at radius 2 is 1.83 bits per heavy atom. The van der Waals surface area contributed by atoms with E-state index in [1.165, 1.54) is 41.4 Å². The summed E-state index contributed by atoms with van der Waals surface area (Å²) >= 11 is 1.51. The van der Waals surface area contributed by atoms with Gasteiger partial charge in [-0.05, 0) is 35.7 Å². The minimum absolute atomic E-state index is 0.0165. The molecular weight excluding hydrogens is 418 g/mol. The average Bonchev–Trinajstić information content (AvgIpc) is 3.20. The molecule has 30 heavy (non-hydrogen) atoms. The highest BCUT2D eigenvalue weighted by atomic mass is 32.2. The molecule has 0 unspecified atom stereocenters. The Balaban J connectivity index is 1.81. The molecule has 0 spiro atoms.